The number of aliphatic imine (C=N–C) groups is 1. The number of amidine groups is 1. The van der Waals surface area contributed by atoms with Crippen LogP contribution in [0.1, 0.15) is 31.0 Å². The van der Waals surface area contributed by atoms with E-state index in [0.717, 1.165) is 0 Å². The molecule has 37 heavy (non-hydrogen) atoms. The Morgan fingerprint density at radius 3 is 2.46 bits per heavy atom. The van der Waals surface area contributed by atoms with E-state index in [-0.39, 0.29) is 41.9 Å². The number of nitrogens with two attached hydrogens (primary N) is 1. The van der Waals surface area contributed by atoms with E-state index in [1.807, 2.05) is 0 Å². The molecule has 0 radical (unpaired) electrons. The van der Waals surface area contributed by atoms with Crippen LogP contribution in [-0.4, -0.2) is 68.2 Å². The number of aromatic nitrogens is 1. The molecule has 0 spiro atoms. The van der Waals surface area contributed by atoms with Crippen molar-refractivity contribution < 1.29 is 53.8 Å². The minimum absolute atomic E-state index is 0. The van der Waals surface area contributed by atoms with Gasteiger partial charge in [0, 0.05) is 22.7 Å². The maximum Gasteiger partial charge on any atom is 1.00 e. The van der Waals surface area contributed by atoms with Crippen LogP contribution in [0.25, 0.3) is 0 Å². The van der Waals surface area contributed by atoms with Crippen molar-refractivity contribution in [3.8, 4) is 0 Å². The topological polar surface area (TPSA) is 170 Å². The minimum atomic E-state index is -1.34. The van der Waals surface area contributed by atoms with Crippen LogP contribution in [-0.2, 0) is 19.2 Å². The van der Waals surface area contributed by atoms with Crippen LogP contribution in [0, 0.1) is 0 Å². The maximum atomic E-state index is 13.3. The van der Waals surface area contributed by atoms with Gasteiger partial charge < -0.3 is 31.2 Å². The largest absolute Gasteiger partial charge is 1.00 e. The van der Waals surface area contributed by atoms with Gasteiger partial charge in [0.25, 0.3) is 0 Å². The summed E-state index contributed by atoms with van der Waals surface area (Å²) in [6.45, 7) is 3.11. The molecule has 3 heterocycles. The number of carbonyl (C=O) groups excluding carboxylic acids is 4. The molecular formula is C24H25N6NaO5S. The van der Waals surface area contributed by atoms with E-state index in [2.05, 4.69) is 20.6 Å². The van der Waals surface area contributed by atoms with Crippen molar-refractivity contribution in [2.75, 3.05) is 6.54 Å². The number of hydrogen-bond acceptors (Lipinski definition) is 8. The predicted octanol–water partition coefficient (Wildman–Crippen LogP) is -4.05. The third-order valence-corrected chi connectivity index (χ3v) is 7.60. The Kier molecular flexibility index (Phi) is 9.00. The van der Waals surface area contributed by atoms with Gasteiger partial charge in [-0.15, -0.1) is 11.8 Å². The molecule has 2 saturated heterocycles. The van der Waals surface area contributed by atoms with Crippen molar-refractivity contribution in [1.29, 1.82) is 0 Å². The zero-order chi connectivity index (χ0) is 26.0. The zero-order valence-corrected chi connectivity index (χ0v) is 23.4. The second kappa shape index (κ2) is 11.6. The molecule has 4 rings (SSSR count). The Morgan fingerprint density at radius 1 is 1.19 bits per heavy atom. The van der Waals surface area contributed by atoms with Crippen LogP contribution in [0.5, 0.6) is 0 Å². The van der Waals surface area contributed by atoms with Gasteiger partial charge in [0.15, 0.2) is 0 Å². The van der Waals surface area contributed by atoms with Crippen molar-refractivity contribution in [2.24, 2.45) is 10.7 Å². The maximum absolute atomic E-state index is 13.3. The molecule has 188 valence electrons. The first-order valence-electron chi connectivity index (χ1n) is 11.2. The first kappa shape index (κ1) is 28.6. The van der Waals surface area contributed by atoms with E-state index < -0.39 is 51.9 Å². The number of thioether (sulfide) groups is 1. The fourth-order valence-corrected chi connectivity index (χ4v) is 5.91. The summed E-state index contributed by atoms with van der Waals surface area (Å²) >= 11 is 1.28. The molecule has 4 unspecified atom stereocenters. The summed E-state index contributed by atoms with van der Waals surface area (Å²) < 4.78 is -0.779. The number of hydrogen-bond donors (Lipinski definition) is 3. The van der Waals surface area contributed by atoms with Crippen LogP contribution in [0.3, 0.4) is 0 Å². The number of fused-ring (bicyclic) bond motifs is 1. The Hall–Kier alpha value is -2.93. The van der Waals surface area contributed by atoms with Gasteiger partial charge in [0.2, 0.25) is 17.7 Å². The Morgan fingerprint density at radius 2 is 1.84 bits per heavy atom. The molecule has 2 aromatic rings. The summed E-state index contributed by atoms with van der Waals surface area (Å²) in [5, 5.41) is 16.4. The quantitative estimate of drug-likeness (QED) is 0.134. The molecule has 4 N–H and O–H groups in total. The Balaban J connectivity index is 0.00000380. The first-order valence-corrected chi connectivity index (χ1v) is 12.0. The van der Waals surface area contributed by atoms with E-state index in [4.69, 9.17) is 5.73 Å². The normalized spacial score (nSPS) is 22.6. The summed E-state index contributed by atoms with van der Waals surface area (Å²) in [5.74, 6) is -2.85. The van der Waals surface area contributed by atoms with Crippen molar-refractivity contribution in [2.45, 2.75) is 42.1 Å². The van der Waals surface area contributed by atoms with Crippen LogP contribution in [0.2, 0.25) is 0 Å². The number of nitrogens with one attached hydrogen (secondary N) is 2. The Labute approximate surface area is 240 Å². The third-order valence-electron chi connectivity index (χ3n) is 6.03. The molecule has 4 atom stereocenters. The molecule has 2 aliphatic rings. The molecule has 2 aliphatic heterocycles. The first-order chi connectivity index (χ1) is 17.1. The van der Waals surface area contributed by atoms with E-state index in [0.29, 0.717) is 11.1 Å². The average molecular weight is 533 g/mol. The summed E-state index contributed by atoms with van der Waals surface area (Å²) in [7, 11) is 0. The average Bonchev–Trinajstić information content (AvgIpc) is 3.13. The van der Waals surface area contributed by atoms with E-state index in [1.54, 1.807) is 68.7 Å². The molecular weight excluding hydrogens is 507 g/mol. The van der Waals surface area contributed by atoms with Gasteiger partial charge in [-0.1, -0.05) is 30.3 Å². The van der Waals surface area contributed by atoms with Gasteiger partial charge in [-0.2, -0.15) is 0 Å². The smallest absolute Gasteiger partial charge is 0.548 e. The molecule has 0 saturated carbocycles. The molecule has 13 heteroatoms. The van der Waals surface area contributed by atoms with Gasteiger partial charge >= 0.3 is 29.6 Å². The third kappa shape index (κ3) is 5.98. The molecule has 1 aromatic heterocycles. The van der Waals surface area contributed by atoms with E-state index in [9.17, 15) is 24.3 Å². The van der Waals surface area contributed by atoms with Gasteiger partial charge in [-0.25, -0.2) is 0 Å². The fraction of sp³-hybridized carbons (Fsp3) is 0.333. The van der Waals surface area contributed by atoms with Crippen LogP contribution >= 0.6 is 11.8 Å². The summed E-state index contributed by atoms with van der Waals surface area (Å²) in [4.78, 5) is 59.5. The van der Waals surface area contributed by atoms with E-state index >= 15 is 0 Å². The SMILES string of the molecule is CC1(C)SC2C(NC(=O)C(NC(=O)CN=C(N)c3ccncc3)c3ccccc3)C(=O)N2C1C(=O)[O-].[Na+]. The number of rotatable bonds is 8. The number of carboxylic acids is 1. The number of nitrogens with zero attached hydrogens (tertiary/aromatic N) is 3. The van der Waals surface area contributed by atoms with Gasteiger partial charge in [-0.3, -0.25) is 24.4 Å². The fourth-order valence-electron chi connectivity index (χ4n) is 4.29. The number of β-lactam (4-membered cyclic amide) rings is 1. The summed E-state index contributed by atoms with van der Waals surface area (Å²) in [5.41, 5.74) is 7.04. The Bertz CT molecular complexity index is 1210. The molecule has 1 aromatic carbocycles. The van der Waals surface area contributed by atoms with Crippen LogP contribution < -0.4 is 51.0 Å². The van der Waals surface area contributed by atoms with E-state index in [1.165, 1.54) is 16.7 Å². The van der Waals surface area contributed by atoms with Crippen LogP contribution in [0.15, 0.2) is 59.9 Å². The van der Waals surface area contributed by atoms with Gasteiger partial charge in [0.1, 0.15) is 29.8 Å². The molecule has 0 aliphatic carbocycles. The van der Waals surface area contributed by atoms with Gasteiger partial charge in [0.05, 0.1) is 12.0 Å². The number of benzene rings is 1. The monoisotopic (exact) mass is 532 g/mol. The number of carboxylic acid groups (broad SMARTS) is 1. The zero-order valence-electron chi connectivity index (χ0n) is 20.6. The predicted molar refractivity (Wildman–Crippen MR) is 130 cm³/mol. The number of amides is 3. The number of carbonyl (C=O) groups is 4. The van der Waals surface area contributed by atoms with Crippen molar-refractivity contribution in [3.05, 3.63) is 66.0 Å². The summed E-state index contributed by atoms with van der Waals surface area (Å²) in [6, 6.07) is 8.75. The molecule has 2 fully saturated rings. The van der Waals surface area contributed by atoms with Crippen LogP contribution in [0.4, 0.5) is 0 Å². The minimum Gasteiger partial charge on any atom is -0.548 e. The molecule has 11 nitrogen and oxygen atoms in total. The summed E-state index contributed by atoms with van der Waals surface area (Å²) in [6.07, 6.45) is 3.10. The second-order valence-corrected chi connectivity index (χ2v) is 10.7. The van der Waals surface area contributed by atoms with Crippen molar-refractivity contribution in [3.63, 3.8) is 0 Å². The van der Waals surface area contributed by atoms with Crippen molar-refractivity contribution >= 4 is 41.3 Å². The standard InChI is InChI=1S/C24H26N6O5S.Na/c1-24(2)18(23(34)35)30-21(33)17(22(30)36-24)29-20(32)16(13-6-4-3-5-7-13)28-15(31)12-27-19(25)14-8-10-26-11-9-14;/h3-11,16-18,22H,12H2,1-2H3,(H2,25,27)(H,28,31)(H,29,32)(H,34,35);/q;+1/p-1. The molecule has 3 amide bonds. The number of pyridine rings is 1. The van der Waals surface area contributed by atoms with Gasteiger partial charge in [-0.05, 0) is 31.5 Å². The molecule has 0 bridgehead atoms. The second-order valence-electron chi connectivity index (χ2n) is 8.91. The van der Waals surface area contributed by atoms with Crippen molar-refractivity contribution in [1.82, 2.24) is 20.5 Å². The number of aliphatic carboxylic acids is 1.